The van der Waals surface area contributed by atoms with Crippen molar-refractivity contribution >= 4 is 29.0 Å². The van der Waals surface area contributed by atoms with E-state index in [0.29, 0.717) is 6.61 Å². The first kappa shape index (κ1) is 7.00. The van der Waals surface area contributed by atoms with Crippen LogP contribution in [0.2, 0.25) is 0 Å². The van der Waals surface area contributed by atoms with Crippen LogP contribution >= 0.6 is 22.9 Å². The Morgan fingerprint density at radius 3 is 2.71 bits per heavy atom. The van der Waals surface area contributed by atoms with E-state index in [1.807, 2.05) is 0 Å². The second-order valence-corrected chi connectivity index (χ2v) is 1.35. The Hall–Kier alpha value is 0. The normalized spacial score (nSPS) is 7.71. The van der Waals surface area contributed by atoms with Gasteiger partial charge in [-0.1, -0.05) is 0 Å². The molecule has 0 fully saturated rings. The van der Waals surface area contributed by atoms with Crippen LogP contribution in [0.15, 0.2) is 0 Å². The summed E-state index contributed by atoms with van der Waals surface area (Å²) in [5.41, 5.74) is 0. The van der Waals surface area contributed by atoms with Gasteiger partial charge in [0.15, 0.2) is 0 Å². The molecule has 0 heterocycles. The van der Waals surface area contributed by atoms with Gasteiger partial charge in [-0.15, -0.1) is 0 Å². The highest BCUT2D eigenvalue weighted by atomic mass is 127. The number of carbonyl (C=O) groups is 1. The summed E-state index contributed by atoms with van der Waals surface area (Å²) in [6, 6.07) is 0. The van der Waals surface area contributed by atoms with E-state index in [2.05, 4.69) is 8.27 Å². The molecular formula is C3H6INO2. The third-order valence-corrected chi connectivity index (χ3v) is 0.793. The summed E-state index contributed by atoms with van der Waals surface area (Å²) in [6.07, 6.45) is -0.386. The summed E-state index contributed by atoms with van der Waals surface area (Å²) in [4.78, 5) is 10.1. The van der Waals surface area contributed by atoms with Crippen molar-refractivity contribution in [3.8, 4) is 0 Å². The fourth-order valence-electron chi connectivity index (χ4n) is 0.158. The standard InChI is InChI=1S/C3H6INO2/c1-2-7-3(6)5-4/h2H2,1H3,(H,5,6). The van der Waals surface area contributed by atoms with Crippen molar-refractivity contribution in [2.24, 2.45) is 0 Å². The number of halogens is 1. The zero-order valence-electron chi connectivity index (χ0n) is 3.90. The van der Waals surface area contributed by atoms with Crippen LogP contribution in [0.1, 0.15) is 6.92 Å². The first-order chi connectivity index (χ1) is 3.31. The largest absolute Gasteiger partial charge is 0.449 e. The first-order valence-corrected chi connectivity index (χ1v) is 2.92. The van der Waals surface area contributed by atoms with Crippen LogP contribution in [0.3, 0.4) is 0 Å². The van der Waals surface area contributed by atoms with Gasteiger partial charge in [0.05, 0.1) is 29.5 Å². The second kappa shape index (κ2) is 4.17. The number of ether oxygens (including phenoxy) is 1. The minimum absolute atomic E-state index is 0.386. The molecule has 0 aromatic heterocycles. The molecule has 0 spiro atoms. The minimum Gasteiger partial charge on any atom is -0.449 e. The molecule has 1 amide bonds. The van der Waals surface area contributed by atoms with Gasteiger partial charge in [-0.25, -0.2) is 4.79 Å². The van der Waals surface area contributed by atoms with Crippen LogP contribution in [0.5, 0.6) is 0 Å². The lowest BCUT2D eigenvalue weighted by molar-refractivity contribution is 0.160. The lowest BCUT2D eigenvalue weighted by atomic mass is 10.9. The van der Waals surface area contributed by atoms with Crippen LogP contribution < -0.4 is 3.53 Å². The van der Waals surface area contributed by atoms with Crippen LogP contribution in [-0.2, 0) is 4.74 Å². The molecule has 0 aliphatic rings. The number of hydrogen-bond donors (Lipinski definition) is 1. The summed E-state index contributed by atoms with van der Waals surface area (Å²) >= 11 is 1.71. The number of amides is 1. The Morgan fingerprint density at radius 1 is 2.00 bits per heavy atom. The quantitative estimate of drug-likeness (QED) is 0.525. The zero-order valence-corrected chi connectivity index (χ0v) is 6.06. The van der Waals surface area contributed by atoms with Gasteiger partial charge in [0.2, 0.25) is 0 Å². The van der Waals surface area contributed by atoms with E-state index in [9.17, 15) is 4.79 Å². The molecule has 0 aliphatic heterocycles. The summed E-state index contributed by atoms with van der Waals surface area (Å²) in [5, 5.41) is 0. The van der Waals surface area contributed by atoms with E-state index in [1.54, 1.807) is 29.8 Å². The van der Waals surface area contributed by atoms with Crippen LogP contribution in [0, 0.1) is 0 Å². The average molecular weight is 215 g/mol. The van der Waals surface area contributed by atoms with Crippen molar-refractivity contribution < 1.29 is 9.53 Å². The summed E-state index contributed by atoms with van der Waals surface area (Å²) in [5.74, 6) is 0. The molecule has 0 atom stereocenters. The van der Waals surface area contributed by atoms with Crippen molar-refractivity contribution in [3.05, 3.63) is 0 Å². The van der Waals surface area contributed by atoms with E-state index < -0.39 is 0 Å². The number of carbonyl (C=O) groups excluding carboxylic acids is 1. The summed E-state index contributed by atoms with van der Waals surface area (Å²) in [6.45, 7) is 2.18. The maximum absolute atomic E-state index is 10.1. The molecule has 7 heavy (non-hydrogen) atoms. The lowest BCUT2D eigenvalue weighted by Gasteiger charge is -1.94. The van der Waals surface area contributed by atoms with Crippen LogP contribution in [0.4, 0.5) is 4.79 Å². The Labute approximate surface area is 55.9 Å². The fraction of sp³-hybridized carbons (Fsp3) is 0.667. The molecule has 0 saturated carbocycles. The van der Waals surface area contributed by atoms with Gasteiger partial charge in [0, 0.05) is 0 Å². The van der Waals surface area contributed by atoms with Crippen molar-refractivity contribution in [3.63, 3.8) is 0 Å². The predicted octanol–water partition coefficient (Wildman–Crippen LogP) is 1.08. The van der Waals surface area contributed by atoms with E-state index in [1.165, 1.54) is 0 Å². The summed E-state index contributed by atoms with van der Waals surface area (Å²) in [7, 11) is 0. The van der Waals surface area contributed by atoms with Gasteiger partial charge in [-0.05, 0) is 6.92 Å². The molecule has 4 heteroatoms. The molecule has 0 aliphatic carbocycles. The SMILES string of the molecule is CCOC(=O)NI. The second-order valence-electron chi connectivity index (χ2n) is 0.815. The maximum atomic E-state index is 10.1. The predicted molar refractivity (Wildman–Crippen MR) is 34.2 cm³/mol. The van der Waals surface area contributed by atoms with Crippen LogP contribution in [-0.4, -0.2) is 12.7 Å². The highest BCUT2D eigenvalue weighted by Crippen LogP contribution is 1.77. The minimum atomic E-state index is -0.386. The third kappa shape index (κ3) is 3.84. The fourth-order valence-corrected chi connectivity index (χ4v) is 0.314. The number of rotatable bonds is 1. The molecule has 0 unspecified atom stereocenters. The Bertz CT molecular complexity index is 66.0. The van der Waals surface area contributed by atoms with E-state index in [4.69, 9.17) is 0 Å². The highest BCUT2D eigenvalue weighted by molar-refractivity contribution is 14.1. The molecule has 0 bridgehead atoms. The Kier molecular flexibility index (Phi) is 4.17. The molecule has 0 saturated heterocycles. The van der Waals surface area contributed by atoms with E-state index in [0.717, 1.165) is 0 Å². The molecule has 0 radical (unpaired) electrons. The zero-order chi connectivity index (χ0) is 5.70. The molecule has 0 aromatic rings. The molecule has 42 valence electrons. The van der Waals surface area contributed by atoms with E-state index >= 15 is 0 Å². The van der Waals surface area contributed by atoms with Gasteiger partial charge in [-0.3, -0.25) is 3.53 Å². The van der Waals surface area contributed by atoms with Gasteiger partial charge in [0.25, 0.3) is 0 Å². The topological polar surface area (TPSA) is 38.3 Å². The van der Waals surface area contributed by atoms with Crippen molar-refractivity contribution in [1.29, 1.82) is 0 Å². The van der Waals surface area contributed by atoms with Crippen molar-refractivity contribution in [1.82, 2.24) is 3.53 Å². The van der Waals surface area contributed by atoms with Gasteiger partial charge < -0.3 is 4.74 Å². The van der Waals surface area contributed by atoms with E-state index in [-0.39, 0.29) is 6.09 Å². The first-order valence-electron chi connectivity index (χ1n) is 1.84. The van der Waals surface area contributed by atoms with Gasteiger partial charge >= 0.3 is 6.09 Å². The monoisotopic (exact) mass is 215 g/mol. The van der Waals surface area contributed by atoms with Gasteiger partial charge in [0.1, 0.15) is 0 Å². The maximum Gasteiger partial charge on any atom is 0.415 e. The average Bonchev–Trinajstić information content (AvgIpc) is 1.68. The summed E-state index contributed by atoms with van der Waals surface area (Å²) < 4.78 is 6.71. The lowest BCUT2D eigenvalue weighted by Crippen LogP contribution is -2.12. The Morgan fingerprint density at radius 2 is 2.57 bits per heavy atom. The Balaban J connectivity index is 3.00. The molecule has 0 aromatic carbocycles. The van der Waals surface area contributed by atoms with Crippen molar-refractivity contribution in [2.75, 3.05) is 6.61 Å². The van der Waals surface area contributed by atoms with Gasteiger partial charge in [-0.2, -0.15) is 0 Å². The third-order valence-electron chi connectivity index (χ3n) is 0.353. The smallest absolute Gasteiger partial charge is 0.415 e. The van der Waals surface area contributed by atoms with Crippen LogP contribution in [0.25, 0.3) is 0 Å². The molecule has 1 N–H and O–H groups in total. The number of hydrogen-bond acceptors (Lipinski definition) is 2. The van der Waals surface area contributed by atoms with Crippen molar-refractivity contribution in [2.45, 2.75) is 6.92 Å². The molecule has 3 nitrogen and oxygen atoms in total. The molecular weight excluding hydrogens is 209 g/mol. The highest BCUT2D eigenvalue weighted by Gasteiger charge is 1.90. The number of nitrogens with one attached hydrogen (secondary N) is 1. The molecule has 0 rings (SSSR count).